The molecule has 0 radical (unpaired) electrons. The smallest absolute Gasteiger partial charge is 0.133 e. The fraction of sp³-hybridized carbons (Fsp3) is 0.250. The van der Waals surface area contributed by atoms with E-state index in [1.165, 1.54) is 0 Å². The molecule has 0 amide bonds. The largest absolute Gasteiger partial charge is 0.399 e. The summed E-state index contributed by atoms with van der Waals surface area (Å²) in [6, 6.07) is 7.68. The first-order valence-corrected chi connectivity index (χ1v) is 6.04. The van der Waals surface area contributed by atoms with E-state index in [0.29, 0.717) is 6.54 Å². The van der Waals surface area contributed by atoms with Crippen LogP contribution in [0.1, 0.15) is 11.5 Å². The van der Waals surface area contributed by atoms with Gasteiger partial charge in [0.25, 0.3) is 0 Å². The highest BCUT2D eigenvalue weighted by Crippen LogP contribution is 2.28. The lowest BCUT2D eigenvalue weighted by molar-refractivity contribution is 0.390. The van der Waals surface area contributed by atoms with Gasteiger partial charge in [0, 0.05) is 23.3 Å². The van der Waals surface area contributed by atoms with Gasteiger partial charge < -0.3 is 15.2 Å². The van der Waals surface area contributed by atoms with Crippen LogP contribution in [0.4, 0.5) is 11.4 Å². The Bertz CT molecular complexity index is 524. The van der Waals surface area contributed by atoms with Crippen molar-refractivity contribution in [3.63, 3.8) is 0 Å². The van der Waals surface area contributed by atoms with Gasteiger partial charge >= 0.3 is 0 Å². The number of hydrogen-bond donors (Lipinski definition) is 1. The average Bonchev–Trinajstić information content (AvgIpc) is 2.63. The van der Waals surface area contributed by atoms with Crippen molar-refractivity contribution in [2.45, 2.75) is 13.5 Å². The fourth-order valence-electron chi connectivity index (χ4n) is 1.65. The molecule has 17 heavy (non-hydrogen) atoms. The second-order valence-corrected chi connectivity index (χ2v) is 4.85. The van der Waals surface area contributed by atoms with Crippen molar-refractivity contribution in [3.05, 3.63) is 40.2 Å². The minimum Gasteiger partial charge on any atom is -0.399 e. The first-order chi connectivity index (χ1) is 8.06. The number of nitrogens with two attached hydrogens (primary N) is 1. The van der Waals surface area contributed by atoms with Crippen molar-refractivity contribution >= 4 is 27.3 Å². The van der Waals surface area contributed by atoms with Crippen molar-refractivity contribution in [2.75, 3.05) is 17.7 Å². The van der Waals surface area contributed by atoms with Crippen molar-refractivity contribution in [1.82, 2.24) is 5.16 Å². The van der Waals surface area contributed by atoms with E-state index < -0.39 is 0 Å². The van der Waals surface area contributed by atoms with Gasteiger partial charge in [0.05, 0.1) is 12.2 Å². The topological polar surface area (TPSA) is 55.3 Å². The van der Waals surface area contributed by atoms with E-state index >= 15 is 0 Å². The molecule has 0 fully saturated rings. The van der Waals surface area contributed by atoms with Crippen LogP contribution in [0, 0.1) is 6.92 Å². The van der Waals surface area contributed by atoms with E-state index in [-0.39, 0.29) is 0 Å². The third kappa shape index (κ3) is 2.79. The average molecular weight is 296 g/mol. The number of rotatable bonds is 3. The van der Waals surface area contributed by atoms with Crippen LogP contribution < -0.4 is 10.6 Å². The van der Waals surface area contributed by atoms with E-state index in [2.05, 4.69) is 26.0 Å². The number of nitrogen functional groups attached to an aromatic ring is 1. The van der Waals surface area contributed by atoms with Crippen LogP contribution in [0.15, 0.2) is 33.3 Å². The lowest BCUT2D eigenvalue weighted by Crippen LogP contribution is -2.17. The number of anilines is 2. The second-order valence-electron chi connectivity index (χ2n) is 4.00. The summed E-state index contributed by atoms with van der Waals surface area (Å²) >= 11 is 3.50. The molecule has 0 bridgehead atoms. The predicted molar refractivity (Wildman–Crippen MR) is 71.9 cm³/mol. The quantitative estimate of drug-likeness (QED) is 0.885. The zero-order valence-corrected chi connectivity index (χ0v) is 11.4. The summed E-state index contributed by atoms with van der Waals surface area (Å²) < 4.78 is 6.01. The monoisotopic (exact) mass is 295 g/mol. The van der Waals surface area contributed by atoms with E-state index in [1.54, 1.807) is 0 Å². The van der Waals surface area contributed by atoms with Gasteiger partial charge in [-0.25, -0.2) is 0 Å². The van der Waals surface area contributed by atoms with E-state index in [1.807, 2.05) is 38.2 Å². The Morgan fingerprint density at radius 2 is 2.18 bits per heavy atom. The number of benzene rings is 1. The third-order valence-corrected chi connectivity index (χ3v) is 3.09. The van der Waals surface area contributed by atoms with Gasteiger partial charge in [-0.2, -0.15) is 0 Å². The number of aromatic nitrogens is 1. The van der Waals surface area contributed by atoms with Crippen LogP contribution in [0.3, 0.4) is 0 Å². The lowest BCUT2D eigenvalue weighted by Gasteiger charge is -2.19. The molecule has 2 rings (SSSR count). The SMILES string of the molecule is Cc1cc(CN(C)c2ccc(N)cc2Br)no1. The molecule has 90 valence electrons. The molecular formula is C12H14BrN3O. The van der Waals surface area contributed by atoms with Gasteiger partial charge in [0.15, 0.2) is 0 Å². The van der Waals surface area contributed by atoms with Gasteiger partial charge in [-0.15, -0.1) is 0 Å². The standard InChI is InChI=1S/C12H14BrN3O/c1-8-5-10(15-17-8)7-16(2)12-4-3-9(14)6-11(12)13/h3-6H,7,14H2,1-2H3. The Morgan fingerprint density at radius 3 is 2.76 bits per heavy atom. The summed E-state index contributed by atoms with van der Waals surface area (Å²) in [5.74, 6) is 0.824. The summed E-state index contributed by atoms with van der Waals surface area (Å²) in [7, 11) is 2.00. The maximum Gasteiger partial charge on any atom is 0.133 e. The number of halogens is 1. The third-order valence-electron chi connectivity index (χ3n) is 2.46. The number of hydrogen-bond acceptors (Lipinski definition) is 4. The molecule has 0 atom stereocenters. The number of nitrogens with zero attached hydrogens (tertiary/aromatic N) is 2. The summed E-state index contributed by atoms with van der Waals surface area (Å²) in [5.41, 5.74) is 8.43. The Balaban J connectivity index is 2.17. The van der Waals surface area contributed by atoms with E-state index in [9.17, 15) is 0 Å². The maximum atomic E-state index is 5.71. The van der Waals surface area contributed by atoms with E-state index in [4.69, 9.17) is 10.3 Å². The number of aryl methyl sites for hydroxylation is 1. The van der Waals surface area contributed by atoms with Crippen LogP contribution in [0.25, 0.3) is 0 Å². The van der Waals surface area contributed by atoms with Gasteiger partial charge in [0.2, 0.25) is 0 Å². The van der Waals surface area contributed by atoms with Crippen LogP contribution in [0.2, 0.25) is 0 Å². The van der Waals surface area contributed by atoms with Gasteiger partial charge in [0.1, 0.15) is 11.5 Å². The van der Waals surface area contributed by atoms with Crippen molar-refractivity contribution in [3.8, 4) is 0 Å². The molecule has 0 aliphatic rings. The molecule has 5 heteroatoms. The second kappa shape index (κ2) is 4.79. The van der Waals surface area contributed by atoms with Crippen LogP contribution in [-0.4, -0.2) is 12.2 Å². The van der Waals surface area contributed by atoms with Gasteiger partial charge in [-0.05, 0) is 41.1 Å². The predicted octanol–water partition coefficient (Wildman–Crippen LogP) is 2.96. The fourth-order valence-corrected chi connectivity index (χ4v) is 2.35. The molecule has 0 aliphatic carbocycles. The van der Waals surface area contributed by atoms with Crippen LogP contribution in [-0.2, 0) is 6.54 Å². The Labute approximate surface area is 109 Å². The zero-order chi connectivity index (χ0) is 12.4. The van der Waals surface area contributed by atoms with Crippen molar-refractivity contribution in [1.29, 1.82) is 0 Å². The summed E-state index contributed by atoms with van der Waals surface area (Å²) in [4.78, 5) is 2.08. The highest BCUT2D eigenvalue weighted by molar-refractivity contribution is 9.10. The van der Waals surface area contributed by atoms with Crippen molar-refractivity contribution in [2.24, 2.45) is 0 Å². The summed E-state index contributed by atoms with van der Waals surface area (Å²) in [6.07, 6.45) is 0. The molecule has 2 aromatic rings. The molecule has 0 saturated heterocycles. The highest BCUT2D eigenvalue weighted by atomic mass is 79.9. The molecule has 0 aliphatic heterocycles. The molecule has 1 aromatic carbocycles. The van der Waals surface area contributed by atoms with Gasteiger partial charge in [-0.1, -0.05) is 5.16 Å². The molecule has 0 saturated carbocycles. The Morgan fingerprint density at radius 1 is 1.41 bits per heavy atom. The minimum atomic E-state index is 0.694. The maximum absolute atomic E-state index is 5.71. The zero-order valence-electron chi connectivity index (χ0n) is 9.77. The lowest BCUT2D eigenvalue weighted by atomic mass is 10.2. The molecule has 0 spiro atoms. The van der Waals surface area contributed by atoms with Crippen molar-refractivity contribution < 1.29 is 4.52 Å². The van der Waals surface area contributed by atoms with Gasteiger partial charge in [-0.3, -0.25) is 0 Å². The van der Waals surface area contributed by atoms with Crippen LogP contribution >= 0.6 is 15.9 Å². The first kappa shape index (κ1) is 12.0. The Hall–Kier alpha value is -1.49. The van der Waals surface area contributed by atoms with Crippen LogP contribution in [0.5, 0.6) is 0 Å². The Kier molecular flexibility index (Phi) is 3.38. The molecule has 1 heterocycles. The highest BCUT2D eigenvalue weighted by Gasteiger charge is 2.09. The minimum absolute atomic E-state index is 0.694. The molecule has 0 unspecified atom stereocenters. The molecular weight excluding hydrogens is 282 g/mol. The molecule has 1 aromatic heterocycles. The summed E-state index contributed by atoms with van der Waals surface area (Å²) in [6.45, 7) is 2.58. The molecule has 4 nitrogen and oxygen atoms in total. The summed E-state index contributed by atoms with van der Waals surface area (Å²) in [5, 5.41) is 3.97. The van der Waals surface area contributed by atoms with E-state index in [0.717, 1.165) is 27.3 Å². The first-order valence-electron chi connectivity index (χ1n) is 5.24. The molecule has 2 N–H and O–H groups in total. The normalized spacial score (nSPS) is 10.5.